The Hall–Kier alpha value is -3.15. The molecule has 0 fully saturated rings. The highest BCUT2D eigenvalue weighted by atomic mass is 19.1. The maximum absolute atomic E-state index is 13.1. The monoisotopic (exact) mass is 339 g/mol. The summed E-state index contributed by atoms with van der Waals surface area (Å²) < 4.78 is 20.2. The van der Waals surface area contributed by atoms with Gasteiger partial charge in [-0.25, -0.2) is 9.07 Å². The van der Waals surface area contributed by atoms with Gasteiger partial charge in [0.2, 0.25) is 0 Å². The molecule has 25 heavy (non-hydrogen) atoms. The Kier molecular flexibility index (Phi) is 4.79. The van der Waals surface area contributed by atoms with Crippen LogP contribution in [0.3, 0.4) is 0 Å². The second kappa shape index (κ2) is 7.17. The average Bonchev–Trinajstić information content (AvgIpc) is 2.99. The molecule has 0 bridgehead atoms. The highest BCUT2D eigenvalue weighted by molar-refractivity contribution is 6.03. The van der Waals surface area contributed by atoms with Crippen LogP contribution in [-0.4, -0.2) is 22.3 Å². The Morgan fingerprint density at radius 3 is 2.64 bits per heavy atom. The second-order valence-corrected chi connectivity index (χ2v) is 5.44. The van der Waals surface area contributed by atoms with Crippen LogP contribution < -0.4 is 10.1 Å². The topological polar surface area (TPSA) is 56.1 Å². The highest BCUT2D eigenvalue weighted by Gasteiger charge is 2.15. The number of hydrogen-bond donors (Lipinski definition) is 1. The smallest absolute Gasteiger partial charge is 0.276 e. The molecule has 128 valence electrons. The van der Waals surface area contributed by atoms with Crippen LogP contribution in [0.5, 0.6) is 5.75 Å². The van der Waals surface area contributed by atoms with Crippen LogP contribution in [-0.2, 0) is 0 Å². The van der Waals surface area contributed by atoms with Gasteiger partial charge in [-0.2, -0.15) is 5.10 Å². The summed E-state index contributed by atoms with van der Waals surface area (Å²) in [5.41, 5.74) is 2.32. The number of anilines is 1. The number of amides is 1. The van der Waals surface area contributed by atoms with E-state index in [0.717, 1.165) is 5.69 Å². The Morgan fingerprint density at radius 1 is 1.20 bits per heavy atom. The van der Waals surface area contributed by atoms with Crippen molar-refractivity contribution < 1.29 is 13.9 Å². The van der Waals surface area contributed by atoms with E-state index in [9.17, 15) is 9.18 Å². The van der Waals surface area contributed by atoms with Crippen LogP contribution in [0.1, 0.15) is 23.1 Å². The van der Waals surface area contributed by atoms with E-state index >= 15 is 0 Å². The molecule has 1 amide bonds. The number of para-hydroxylation sites is 2. The lowest BCUT2D eigenvalue weighted by Gasteiger charge is -2.10. The second-order valence-electron chi connectivity index (χ2n) is 5.44. The van der Waals surface area contributed by atoms with Gasteiger partial charge >= 0.3 is 0 Å². The number of carbonyl (C=O) groups excluding carboxylic acids is 1. The number of nitrogens with zero attached hydrogens (tertiary/aromatic N) is 2. The van der Waals surface area contributed by atoms with E-state index in [0.29, 0.717) is 23.7 Å². The summed E-state index contributed by atoms with van der Waals surface area (Å²) in [6.45, 7) is 4.22. The van der Waals surface area contributed by atoms with E-state index in [1.165, 1.54) is 12.1 Å². The molecule has 1 heterocycles. The molecule has 3 rings (SSSR count). The summed E-state index contributed by atoms with van der Waals surface area (Å²) in [7, 11) is 0. The van der Waals surface area contributed by atoms with Gasteiger partial charge in [-0.1, -0.05) is 12.1 Å². The number of rotatable bonds is 5. The Balaban J connectivity index is 1.84. The minimum atomic E-state index is -0.337. The Morgan fingerprint density at radius 2 is 1.92 bits per heavy atom. The zero-order valence-corrected chi connectivity index (χ0v) is 14.0. The number of halogens is 1. The molecule has 0 spiro atoms. The predicted octanol–water partition coefficient (Wildman–Crippen LogP) is 3.97. The van der Waals surface area contributed by atoms with E-state index in [4.69, 9.17) is 4.74 Å². The first-order valence-electron chi connectivity index (χ1n) is 7.94. The van der Waals surface area contributed by atoms with Gasteiger partial charge < -0.3 is 10.1 Å². The van der Waals surface area contributed by atoms with Gasteiger partial charge in [0.25, 0.3) is 5.91 Å². The Labute approximate surface area is 145 Å². The SMILES string of the molecule is CCOc1ccccc1NC(=O)c1cc(C)n(-c2ccc(F)cc2)n1. The maximum Gasteiger partial charge on any atom is 0.276 e. The summed E-state index contributed by atoms with van der Waals surface area (Å²) in [4.78, 5) is 12.5. The average molecular weight is 339 g/mol. The van der Waals surface area contributed by atoms with Gasteiger partial charge in [0, 0.05) is 5.69 Å². The molecule has 1 N–H and O–H groups in total. The molecule has 1 aromatic heterocycles. The third-order valence-electron chi connectivity index (χ3n) is 3.63. The normalized spacial score (nSPS) is 10.5. The van der Waals surface area contributed by atoms with Crippen molar-refractivity contribution in [1.29, 1.82) is 0 Å². The van der Waals surface area contributed by atoms with E-state index in [2.05, 4.69) is 10.4 Å². The van der Waals surface area contributed by atoms with E-state index in [1.54, 1.807) is 35.0 Å². The largest absolute Gasteiger partial charge is 0.492 e. The summed E-state index contributed by atoms with van der Waals surface area (Å²) >= 11 is 0. The molecule has 0 radical (unpaired) electrons. The number of aromatic nitrogens is 2. The van der Waals surface area contributed by atoms with E-state index in [1.807, 2.05) is 26.0 Å². The van der Waals surface area contributed by atoms with Crippen molar-refractivity contribution in [3.8, 4) is 11.4 Å². The first-order valence-corrected chi connectivity index (χ1v) is 7.94. The molecule has 0 aliphatic rings. The molecule has 2 aromatic carbocycles. The summed E-state index contributed by atoms with van der Waals surface area (Å²) in [5.74, 6) is -0.0526. The van der Waals surface area contributed by atoms with Crippen molar-refractivity contribution in [1.82, 2.24) is 9.78 Å². The first-order chi connectivity index (χ1) is 12.1. The fraction of sp³-hybridized carbons (Fsp3) is 0.158. The third kappa shape index (κ3) is 3.68. The van der Waals surface area contributed by atoms with Gasteiger partial charge in [0.05, 0.1) is 18.0 Å². The van der Waals surface area contributed by atoms with Gasteiger partial charge in [-0.3, -0.25) is 4.79 Å². The molecule has 0 atom stereocenters. The lowest BCUT2D eigenvalue weighted by molar-refractivity contribution is 0.102. The molecular weight excluding hydrogens is 321 g/mol. The lowest BCUT2D eigenvalue weighted by Crippen LogP contribution is -2.14. The molecule has 0 aliphatic heterocycles. The molecule has 3 aromatic rings. The molecular formula is C19H18FN3O2. The van der Waals surface area contributed by atoms with Crippen molar-refractivity contribution in [2.45, 2.75) is 13.8 Å². The first kappa shape index (κ1) is 16.7. The van der Waals surface area contributed by atoms with Crippen molar-refractivity contribution in [2.75, 3.05) is 11.9 Å². The van der Waals surface area contributed by atoms with E-state index < -0.39 is 0 Å². The van der Waals surface area contributed by atoms with Crippen LogP contribution in [0.25, 0.3) is 5.69 Å². The quantitative estimate of drug-likeness (QED) is 0.765. The summed E-state index contributed by atoms with van der Waals surface area (Å²) in [6.07, 6.45) is 0. The predicted molar refractivity (Wildman–Crippen MR) is 93.8 cm³/mol. The van der Waals surface area contributed by atoms with Crippen molar-refractivity contribution in [3.05, 3.63) is 71.8 Å². The van der Waals surface area contributed by atoms with Crippen molar-refractivity contribution in [2.24, 2.45) is 0 Å². The fourth-order valence-electron chi connectivity index (χ4n) is 2.47. The number of carbonyl (C=O) groups is 1. The lowest BCUT2D eigenvalue weighted by atomic mass is 10.2. The van der Waals surface area contributed by atoms with Crippen molar-refractivity contribution in [3.63, 3.8) is 0 Å². The zero-order valence-electron chi connectivity index (χ0n) is 14.0. The fourth-order valence-corrected chi connectivity index (χ4v) is 2.47. The number of nitrogens with one attached hydrogen (secondary N) is 1. The number of ether oxygens (including phenoxy) is 1. The number of benzene rings is 2. The number of hydrogen-bond acceptors (Lipinski definition) is 3. The minimum absolute atomic E-state index is 0.271. The maximum atomic E-state index is 13.1. The van der Waals surface area contributed by atoms with Crippen LogP contribution in [0.15, 0.2) is 54.6 Å². The van der Waals surface area contributed by atoms with Gasteiger partial charge in [-0.15, -0.1) is 0 Å². The Bertz CT molecular complexity index is 888. The van der Waals surface area contributed by atoms with E-state index in [-0.39, 0.29) is 17.4 Å². The van der Waals surface area contributed by atoms with Crippen LogP contribution in [0, 0.1) is 12.7 Å². The number of aryl methyl sites for hydroxylation is 1. The standard InChI is InChI=1S/C19H18FN3O2/c1-3-25-18-7-5-4-6-16(18)21-19(24)17-12-13(2)23(22-17)15-10-8-14(20)9-11-15/h4-12H,3H2,1-2H3,(H,21,24). The molecule has 0 saturated carbocycles. The highest BCUT2D eigenvalue weighted by Crippen LogP contribution is 2.24. The van der Waals surface area contributed by atoms with Gasteiger partial charge in [-0.05, 0) is 56.3 Å². The molecule has 0 unspecified atom stereocenters. The third-order valence-corrected chi connectivity index (χ3v) is 3.63. The van der Waals surface area contributed by atoms with Gasteiger partial charge in [0.15, 0.2) is 5.69 Å². The molecule has 0 aliphatic carbocycles. The molecule has 6 heteroatoms. The van der Waals surface area contributed by atoms with Crippen LogP contribution >= 0.6 is 0 Å². The van der Waals surface area contributed by atoms with Crippen molar-refractivity contribution >= 4 is 11.6 Å². The molecule has 5 nitrogen and oxygen atoms in total. The summed E-state index contributed by atoms with van der Waals surface area (Å²) in [6, 6.07) is 14.8. The van der Waals surface area contributed by atoms with Crippen LogP contribution in [0.4, 0.5) is 10.1 Å². The minimum Gasteiger partial charge on any atom is -0.492 e. The summed E-state index contributed by atoms with van der Waals surface area (Å²) in [5, 5.41) is 7.14. The van der Waals surface area contributed by atoms with Crippen LogP contribution in [0.2, 0.25) is 0 Å². The molecule has 0 saturated heterocycles. The van der Waals surface area contributed by atoms with Gasteiger partial charge in [0.1, 0.15) is 11.6 Å². The zero-order chi connectivity index (χ0) is 17.8.